The second-order valence-electron chi connectivity index (χ2n) is 6.63. The summed E-state index contributed by atoms with van der Waals surface area (Å²) in [6.07, 6.45) is 1.15. The lowest BCUT2D eigenvalue weighted by Gasteiger charge is -2.29. The van der Waals surface area contributed by atoms with Gasteiger partial charge in [-0.3, -0.25) is 0 Å². The second-order valence-corrected chi connectivity index (χ2v) is 6.63. The normalized spacial score (nSPS) is 13.0. The molecular weight excluding hydrogens is 266 g/mol. The van der Waals surface area contributed by atoms with E-state index in [2.05, 4.69) is 93.4 Å². The average molecular weight is 295 g/mol. The summed E-state index contributed by atoms with van der Waals surface area (Å²) in [5, 5.41) is 0. The Kier molecular flexibility index (Phi) is 6.21. The van der Waals surface area contributed by atoms with E-state index in [0.717, 1.165) is 13.0 Å². The zero-order valence-corrected chi connectivity index (χ0v) is 14.4. The van der Waals surface area contributed by atoms with Gasteiger partial charge in [-0.15, -0.1) is 0 Å². The zero-order chi connectivity index (χ0) is 15.9. The van der Waals surface area contributed by atoms with Crippen molar-refractivity contribution in [3.8, 4) is 0 Å². The molecule has 0 bridgehead atoms. The van der Waals surface area contributed by atoms with Gasteiger partial charge < -0.3 is 4.90 Å². The molecule has 2 aromatic rings. The van der Waals surface area contributed by atoms with Crippen LogP contribution in [0.5, 0.6) is 0 Å². The van der Waals surface area contributed by atoms with E-state index in [9.17, 15) is 0 Å². The molecule has 2 aromatic carbocycles. The smallest absolute Gasteiger partial charge is 0.0101 e. The molecule has 0 aromatic heterocycles. The average Bonchev–Trinajstić information content (AvgIpc) is 2.56. The predicted molar refractivity (Wildman–Crippen MR) is 96.3 cm³/mol. The molecule has 0 fully saturated rings. The second kappa shape index (κ2) is 8.14. The van der Waals surface area contributed by atoms with E-state index in [0.29, 0.717) is 17.9 Å². The first-order valence-corrected chi connectivity index (χ1v) is 8.39. The third-order valence-corrected chi connectivity index (χ3v) is 4.83. The first kappa shape index (κ1) is 16.8. The molecule has 1 heteroatoms. The minimum Gasteiger partial charge on any atom is -0.303 e. The summed E-state index contributed by atoms with van der Waals surface area (Å²) in [5.41, 5.74) is 2.83. The van der Waals surface area contributed by atoms with Crippen LogP contribution in [0.25, 0.3) is 0 Å². The Morgan fingerprint density at radius 3 is 1.64 bits per heavy atom. The SMILES string of the molecule is CC(C)[C@H](C)N(C)CCC(c1ccccc1)c1ccccc1. The van der Waals surface area contributed by atoms with Crippen LogP contribution in [0.2, 0.25) is 0 Å². The molecule has 0 heterocycles. The fourth-order valence-electron chi connectivity index (χ4n) is 2.94. The van der Waals surface area contributed by atoms with Crippen LogP contribution >= 0.6 is 0 Å². The summed E-state index contributed by atoms with van der Waals surface area (Å²) >= 11 is 0. The summed E-state index contributed by atoms with van der Waals surface area (Å²) in [7, 11) is 2.25. The highest BCUT2D eigenvalue weighted by Gasteiger charge is 2.17. The van der Waals surface area contributed by atoms with Crippen LogP contribution in [0, 0.1) is 5.92 Å². The monoisotopic (exact) mass is 295 g/mol. The molecule has 1 nitrogen and oxygen atoms in total. The lowest BCUT2D eigenvalue weighted by atomic mass is 9.88. The van der Waals surface area contributed by atoms with E-state index in [1.165, 1.54) is 11.1 Å². The minimum atomic E-state index is 0.476. The first-order valence-electron chi connectivity index (χ1n) is 8.39. The van der Waals surface area contributed by atoms with E-state index < -0.39 is 0 Å². The minimum absolute atomic E-state index is 0.476. The number of nitrogens with zero attached hydrogens (tertiary/aromatic N) is 1. The van der Waals surface area contributed by atoms with Crippen LogP contribution in [0.1, 0.15) is 44.2 Å². The molecule has 118 valence electrons. The van der Waals surface area contributed by atoms with E-state index in [-0.39, 0.29) is 0 Å². The van der Waals surface area contributed by atoms with Crippen LogP contribution in [0.3, 0.4) is 0 Å². The van der Waals surface area contributed by atoms with Gasteiger partial charge in [-0.05, 0) is 44.0 Å². The molecule has 0 amide bonds. The topological polar surface area (TPSA) is 3.24 Å². The Morgan fingerprint density at radius 1 is 0.773 bits per heavy atom. The molecule has 0 unspecified atom stereocenters. The largest absolute Gasteiger partial charge is 0.303 e. The maximum atomic E-state index is 2.49. The van der Waals surface area contributed by atoms with Crippen molar-refractivity contribution in [3.05, 3.63) is 71.8 Å². The van der Waals surface area contributed by atoms with Gasteiger partial charge in [-0.1, -0.05) is 74.5 Å². The van der Waals surface area contributed by atoms with Crippen molar-refractivity contribution in [2.45, 2.75) is 39.2 Å². The van der Waals surface area contributed by atoms with Gasteiger partial charge in [0.15, 0.2) is 0 Å². The molecule has 0 saturated heterocycles. The molecule has 0 radical (unpaired) electrons. The molecule has 0 spiro atoms. The molecular formula is C21H29N. The Bertz CT molecular complexity index is 493. The number of hydrogen-bond donors (Lipinski definition) is 0. The molecule has 1 atom stereocenters. The van der Waals surface area contributed by atoms with Gasteiger partial charge in [-0.25, -0.2) is 0 Å². The summed E-state index contributed by atoms with van der Waals surface area (Å²) in [4.78, 5) is 2.49. The van der Waals surface area contributed by atoms with E-state index >= 15 is 0 Å². The first-order chi connectivity index (χ1) is 10.6. The molecule has 0 aliphatic rings. The zero-order valence-electron chi connectivity index (χ0n) is 14.4. The third kappa shape index (κ3) is 4.45. The standard InChI is InChI=1S/C21H29N/c1-17(2)18(3)22(4)16-15-21(19-11-7-5-8-12-19)20-13-9-6-10-14-20/h5-14,17-18,21H,15-16H2,1-4H3/t18-/m0/s1. The Labute approximate surface area is 136 Å². The van der Waals surface area contributed by atoms with Crippen LogP contribution in [0.15, 0.2) is 60.7 Å². The quantitative estimate of drug-likeness (QED) is 0.680. The Balaban J connectivity index is 2.13. The van der Waals surface area contributed by atoms with Crippen molar-refractivity contribution in [3.63, 3.8) is 0 Å². The summed E-state index contributed by atoms with van der Waals surface area (Å²) in [5.74, 6) is 1.17. The molecule has 22 heavy (non-hydrogen) atoms. The van der Waals surface area contributed by atoms with Crippen molar-refractivity contribution in [1.29, 1.82) is 0 Å². The van der Waals surface area contributed by atoms with Gasteiger partial charge in [0.2, 0.25) is 0 Å². The lowest BCUT2D eigenvalue weighted by molar-refractivity contribution is 0.203. The van der Waals surface area contributed by atoms with Crippen molar-refractivity contribution >= 4 is 0 Å². The molecule has 0 aliphatic heterocycles. The maximum absolute atomic E-state index is 2.49. The van der Waals surface area contributed by atoms with Gasteiger partial charge in [0, 0.05) is 12.0 Å². The van der Waals surface area contributed by atoms with Crippen molar-refractivity contribution in [2.75, 3.05) is 13.6 Å². The van der Waals surface area contributed by atoms with E-state index in [1.807, 2.05) is 0 Å². The predicted octanol–water partition coefficient (Wildman–Crippen LogP) is 5.18. The van der Waals surface area contributed by atoms with Gasteiger partial charge >= 0.3 is 0 Å². The van der Waals surface area contributed by atoms with Gasteiger partial charge in [0.1, 0.15) is 0 Å². The Morgan fingerprint density at radius 2 is 1.23 bits per heavy atom. The summed E-state index contributed by atoms with van der Waals surface area (Å²) < 4.78 is 0. The fraction of sp³-hybridized carbons (Fsp3) is 0.429. The number of rotatable bonds is 7. The highest BCUT2D eigenvalue weighted by molar-refractivity contribution is 5.32. The number of benzene rings is 2. The van der Waals surface area contributed by atoms with E-state index in [1.54, 1.807) is 0 Å². The fourth-order valence-corrected chi connectivity index (χ4v) is 2.94. The maximum Gasteiger partial charge on any atom is 0.0101 e. The van der Waals surface area contributed by atoms with E-state index in [4.69, 9.17) is 0 Å². The lowest BCUT2D eigenvalue weighted by Crippen LogP contribution is -2.34. The molecule has 0 aliphatic carbocycles. The van der Waals surface area contributed by atoms with Crippen LogP contribution in [0.4, 0.5) is 0 Å². The number of hydrogen-bond acceptors (Lipinski definition) is 1. The van der Waals surface area contributed by atoms with Crippen molar-refractivity contribution in [1.82, 2.24) is 4.90 Å². The highest BCUT2D eigenvalue weighted by Crippen LogP contribution is 2.28. The van der Waals surface area contributed by atoms with Crippen LogP contribution in [-0.2, 0) is 0 Å². The van der Waals surface area contributed by atoms with Gasteiger partial charge in [0.25, 0.3) is 0 Å². The van der Waals surface area contributed by atoms with Gasteiger partial charge in [0.05, 0.1) is 0 Å². The third-order valence-electron chi connectivity index (χ3n) is 4.83. The highest BCUT2D eigenvalue weighted by atomic mass is 15.1. The Hall–Kier alpha value is -1.60. The van der Waals surface area contributed by atoms with Crippen LogP contribution < -0.4 is 0 Å². The van der Waals surface area contributed by atoms with Crippen molar-refractivity contribution in [2.24, 2.45) is 5.92 Å². The molecule has 0 saturated carbocycles. The van der Waals surface area contributed by atoms with Crippen LogP contribution in [-0.4, -0.2) is 24.5 Å². The van der Waals surface area contributed by atoms with Gasteiger partial charge in [-0.2, -0.15) is 0 Å². The molecule has 2 rings (SSSR count). The van der Waals surface area contributed by atoms with Crippen molar-refractivity contribution < 1.29 is 0 Å². The molecule has 0 N–H and O–H groups in total. The summed E-state index contributed by atoms with van der Waals surface area (Å²) in [6, 6.07) is 22.4. The summed E-state index contributed by atoms with van der Waals surface area (Å²) in [6.45, 7) is 8.04.